The predicted molar refractivity (Wildman–Crippen MR) is 304 cm³/mol. The Bertz CT molecular complexity index is 1810. The first-order valence-electron chi connectivity index (χ1n) is 26.8. The number of nitrogens with zero attached hydrogens (tertiary/aromatic N) is 1. The summed E-state index contributed by atoms with van der Waals surface area (Å²) in [5, 5.41) is 0. The van der Waals surface area contributed by atoms with Crippen molar-refractivity contribution in [2.75, 3.05) is 47.5 Å². The van der Waals surface area contributed by atoms with E-state index in [0.29, 0.717) is 23.9 Å². The van der Waals surface area contributed by atoms with E-state index in [-0.39, 0.29) is 26.1 Å². The van der Waals surface area contributed by atoms with Gasteiger partial charge in [-0.2, -0.15) is 0 Å². The van der Waals surface area contributed by atoms with Gasteiger partial charge in [0.25, 0.3) is 7.82 Å². The summed E-state index contributed by atoms with van der Waals surface area (Å²) < 4.78 is 33.9. The molecule has 0 aliphatic rings. The lowest BCUT2D eigenvalue weighted by Gasteiger charge is -2.28. The normalized spacial score (nSPS) is 14.7. The molecular weight excluding hydrogens is 918 g/mol. The van der Waals surface area contributed by atoms with Crippen molar-refractivity contribution in [1.29, 1.82) is 0 Å². The summed E-state index contributed by atoms with van der Waals surface area (Å²) in [5.41, 5.74) is 0. The summed E-state index contributed by atoms with van der Waals surface area (Å²) in [6.45, 7) is 3.82. The second-order valence-electron chi connectivity index (χ2n) is 18.1. The first-order chi connectivity index (χ1) is 35.0. The molecule has 0 fully saturated rings. The van der Waals surface area contributed by atoms with Crippen molar-refractivity contribution in [1.82, 2.24) is 0 Å². The number of allylic oxidation sites excluding steroid dienone is 27. The summed E-state index contributed by atoms with van der Waals surface area (Å²) in [6.07, 6.45) is 78.6. The third-order valence-electron chi connectivity index (χ3n) is 10.3. The largest absolute Gasteiger partial charge is 0.756 e. The van der Waals surface area contributed by atoms with Crippen LogP contribution in [0.15, 0.2) is 170 Å². The standard InChI is InChI=1S/C62H96NO8P/c1-6-8-10-12-14-16-18-20-22-23-24-25-26-27-28-29-30-31-32-33-34-35-36-37-38-39-41-43-45-47-49-51-53-55-62(65)71-60(59-70-72(66,67)69-57-56-63(3,4)5)58-68-61(64)54-52-50-48-46-44-42-40-21-19-17-15-13-11-9-7-2/h8-11,14-17,20-22,24-25,27-28,30-31,33-34,36-37,39-41,44,46,50,52,60H,6-7,12-13,18-19,23,26,29,32,35,38,42-43,45,47-49,51,53-59H2,1-5H3/b10-8-,11-9-,16-14-,17-15-,22-20-,25-24-,28-27-,31-30-,34-33-,37-36-,40-21-,41-39-,46-44-,52-50-. The Hall–Kier alpha value is -4.63. The number of unbranched alkanes of at least 4 members (excludes halogenated alkanes) is 5. The van der Waals surface area contributed by atoms with Gasteiger partial charge in [-0.15, -0.1) is 0 Å². The van der Waals surface area contributed by atoms with Crippen LogP contribution in [0.25, 0.3) is 0 Å². The van der Waals surface area contributed by atoms with Crippen molar-refractivity contribution in [2.24, 2.45) is 0 Å². The van der Waals surface area contributed by atoms with E-state index in [4.69, 9.17) is 18.5 Å². The summed E-state index contributed by atoms with van der Waals surface area (Å²) >= 11 is 0. The molecule has 0 spiro atoms. The molecule has 72 heavy (non-hydrogen) atoms. The molecule has 0 aromatic heterocycles. The quantitative estimate of drug-likeness (QED) is 0.0195. The number of carbonyl (C=O) groups excluding carboxylic acids is 2. The van der Waals surface area contributed by atoms with Crippen LogP contribution in [0.4, 0.5) is 0 Å². The predicted octanol–water partition coefficient (Wildman–Crippen LogP) is 16.1. The lowest BCUT2D eigenvalue weighted by atomic mass is 10.1. The van der Waals surface area contributed by atoms with Gasteiger partial charge in [-0.1, -0.05) is 203 Å². The van der Waals surface area contributed by atoms with Gasteiger partial charge in [-0.05, 0) is 109 Å². The molecule has 2 unspecified atom stereocenters. The van der Waals surface area contributed by atoms with Crippen LogP contribution in [-0.2, 0) is 32.7 Å². The molecule has 0 saturated carbocycles. The highest BCUT2D eigenvalue weighted by atomic mass is 31.2. The van der Waals surface area contributed by atoms with Gasteiger partial charge >= 0.3 is 11.9 Å². The van der Waals surface area contributed by atoms with Crippen molar-refractivity contribution in [3.05, 3.63) is 170 Å². The van der Waals surface area contributed by atoms with Gasteiger partial charge in [-0.3, -0.25) is 14.2 Å². The summed E-state index contributed by atoms with van der Waals surface area (Å²) in [7, 11) is 1.07. The Morgan fingerprint density at radius 1 is 0.444 bits per heavy atom. The zero-order chi connectivity index (χ0) is 52.7. The number of esters is 2. The van der Waals surface area contributed by atoms with Gasteiger partial charge < -0.3 is 27.9 Å². The molecule has 0 amide bonds. The number of rotatable bonds is 46. The number of carbonyl (C=O) groups is 2. The van der Waals surface area contributed by atoms with Crippen LogP contribution >= 0.6 is 7.82 Å². The average molecular weight is 1010 g/mol. The van der Waals surface area contributed by atoms with Gasteiger partial charge in [-0.25, -0.2) is 0 Å². The van der Waals surface area contributed by atoms with Crippen LogP contribution in [0, 0.1) is 0 Å². The Balaban J connectivity index is 4.35. The highest BCUT2D eigenvalue weighted by molar-refractivity contribution is 7.45. The zero-order valence-electron chi connectivity index (χ0n) is 45.3. The molecule has 0 heterocycles. The fourth-order valence-corrected chi connectivity index (χ4v) is 6.92. The lowest BCUT2D eigenvalue weighted by Crippen LogP contribution is -2.37. The molecule has 0 aliphatic carbocycles. The minimum Gasteiger partial charge on any atom is -0.756 e. The maximum absolute atomic E-state index is 12.8. The number of hydrogen-bond donors (Lipinski definition) is 0. The molecule has 10 heteroatoms. The molecule has 0 N–H and O–H groups in total. The van der Waals surface area contributed by atoms with E-state index in [0.717, 1.165) is 116 Å². The minimum absolute atomic E-state index is 0.0290. The van der Waals surface area contributed by atoms with E-state index < -0.39 is 32.5 Å². The maximum atomic E-state index is 12.8. The Morgan fingerprint density at radius 2 is 0.792 bits per heavy atom. The minimum atomic E-state index is -4.67. The second kappa shape index (κ2) is 51.3. The number of phosphoric ester groups is 1. The van der Waals surface area contributed by atoms with Gasteiger partial charge in [0.15, 0.2) is 6.10 Å². The van der Waals surface area contributed by atoms with Crippen LogP contribution in [0.5, 0.6) is 0 Å². The second-order valence-corrected chi connectivity index (χ2v) is 19.6. The van der Waals surface area contributed by atoms with E-state index in [1.165, 1.54) is 0 Å². The molecular formula is C62H96NO8P. The number of ether oxygens (including phenoxy) is 2. The van der Waals surface area contributed by atoms with Crippen molar-refractivity contribution >= 4 is 19.8 Å². The molecule has 0 rings (SSSR count). The molecule has 0 saturated heterocycles. The smallest absolute Gasteiger partial charge is 0.309 e. The third-order valence-corrected chi connectivity index (χ3v) is 11.2. The SMILES string of the molecule is CC/C=C\C/C=C\C/C=C\C/C=C\C/C=C\C/C=C\C/C=C\C/C=C\C/C=C\CCCCCCCC(=O)OC(COC(=O)C/C=C\C/C=C\C/C=C\C/C=C\C/C=C\CC)COP(=O)([O-])OCC[N+](C)(C)C. The van der Waals surface area contributed by atoms with Crippen molar-refractivity contribution in [3.8, 4) is 0 Å². The molecule has 0 bridgehead atoms. The lowest BCUT2D eigenvalue weighted by molar-refractivity contribution is -0.870. The molecule has 0 aromatic carbocycles. The molecule has 2 atom stereocenters. The summed E-state index contributed by atoms with van der Waals surface area (Å²) in [4.78, 5) is 37.7. The van der Waals surface area contributed by atoms with Crippen molar-refractivity contribution < 1.29 is 42.1 Å². The van der Waals surface area contributed by atoms with E-state index in [2.05, 4.69) is 166 Å². The average Bonchev–Trinajstić information content (AvgIpc) is 3.34. The number of likely N-dealkylation sites (N-methyl/N-ethyl adjacent to an activating group) is 1. The summed E-state index contributed by atoms with van der Waals surface area (Å²) in [6, 6.07) is 0. The summed E-state index contributed by atoms with van der Waals surface area (Å²) in [5.74, 6) is -1.02. The van der Waals surface area contributed by atoms with Gasteiger partial charge in [0.2, 0.25) is 0 Å². The van der Waals surface area contributed by atoms with Crippen LogP contribution in [0.2, 0.25) is 0 Å². The van der Waals surface area contributed by atoms with Crippen LogP contribution in [0.3, 0.4) is 0 Å². The number of quaternary nitrogens is 1. The van der Waals surface area contributed by atoms with E-state index in [1.807, 2.05) is 33.3 Å². The topological polar surface area (TPSA) is 111 Å². The van der Waals surface area contributed by atoms with Gasteiger partial charge in [0, 0.05) is 6.42 Å². The van der Waals surface area contributed by atoms with Crippen LogP contribution in [-0.4, -0.2) is 70.0 Å². The zero-order valence-corrected chi connectivity index (χ0v) is 46.2. The highest BCUT2D eigenvalue weighted by Gasteiger charge is 2.21. The monoisotopic (exact) mass is 1010 g/mol. The highest BCUT2D eigenvalue weighted by Crippen LogP contribution is 2.38. The molecule has 0 radical (unpaired) electrons. The fourth-order valence-electron chi connectivity index (χ4n) is 6.19. The first kappa shape index (κ1) is 67.4. The van der Waals surface area contributed by atoms with Gasteiger partial charge in [0.05, 0.1) is 34.2 Å². The number of phosphoric acid groups is 1. The number of hydrogen-bond acceptors (Lipinski definition) is 8. The molecule has 402 valence electrons. The van der Waals surface area contributed by atoms with Crippen LogP contribution in [0.1, 0.15) is 155 Å². The van der Waals surface area contributed by atoms with E-state index >= 15 is 0 Å². The Kier molecular flexibility index (Phi) is 48.0. The first-order valence-corrected chi connectivity index (χ1v) is 28.3. The van der Waals surface area contributed by atoms with E-state index in [9.17, 15) is 19.0 Å². The third kappa shape index (κ3) is 54.7. The van der Waals surface area contributed by atoms with Gasteiger partial charge in [0.1, 0.15) is 19.8 Å². The molecule has 9 nitrogen and oxygen atoms in total. The van der Waals surface area contributed by atoms with Crippen molar-refractivity contribution in [2.45, 2.75) is 161 Å². The molecule has 0 aromatic rings. The Morgan fingerprint density at radius 3 is 1.18 bits per heavy atom. The molecule has 0 aliphatic heterocycles. The van der Waals surface area contributed by atoms with Crippen LogP contribution < -0.4 is 4.89 Å². The Labute approximate surface area is 438 Å². The van der Waals surface area contributed by atoms with E-state index in [1.54, 1.807) is 6.08 Å². The fraction of sp³-hybridized carbons (Fsp3) is 0.516. The maximum Gasteiger partial charge on any atom is 0.309 e. The van der Waals surface area contributed by atoms with Crippen molar-refractivity contribution in [3.63, 3.8) is 0 Å².